The zero-order chi connectivity index (χ0) is 12.3. The zero-order valence-corrected chi connectivity index (χ0v) is 9.74. The van der Waals surface area contributed by atoms with E-state index in [4.69, 9.17) is 0 Å². The predicted molar refractivity (Wildman–Crippen MR) is 59.5 cm³/mol. The van der Waals surface area contributed by atoms with Gasteiger partial charge in [0.15, 0.2) is 0 Å². The van der Waals surface area contributed by atoms with Gasteiger partial charge in [-0.05, 0) is 18.1 Å². The molecule has 1 rings (SSSR count). The van der Waals surface area contributed by atoms with Crippen LogP contribution in [0.5, 0.6) is 0 Å². The Balaban J connectivity index is 2.88. The van der Waals surface area contributed by atoms with Crippen LogP contribution in [0.25, 0.3) is 0 Å². The second-order valence-corrected chi connectivity index (χ2v) is 5.29. The Bertz CT molecular complexity index is 510. The number of benzene rings is 1. The van der Waals surface area contributed by atoms with Gasteiger partial charge in [-0.25, -0.2) is 13.1 Å². The van der Waals surface area contributed by atoms with Crippen molar-refractivity contribution in [2.45, 2.75) is 13.5 Å². The molecule has 0 bridgehead atoms. The Morgan fingerprint density at radius 3 is 2.50 bits per heavy atom. The molecule has 0 radical (unpaired) electrons. The van der Waals surface area contributed by atoms with Gasteiger partial charge in [0, 0.05) is 18.7 Å². The normalized spacial score (nSPS) is 11.4. The van der Waals surface area contributed by atoms with Crippen molar-refractivity contribution in [2.24, 2.45) is 0 Å². The molecular weight excluding hydrogens is 232 g/mol. The van der Waals surface area contributed by atoms with Gasteiger partial charge in [-0.1, -0.05) is 6.07 Å². The first-order valence-corrected chi connectivity index (χ1v) is 6.37. The smallest absolute Gasteiger partial charge is 0.258 e. The van der Waals surface area contributed by atoms with Crippen molar-refractivity contribution in [3.63, 3.8) is 0 Å². The third kappa shape index (κ3) is 3.59. The number of nitro groups is 1. The van der Waals surface area contributed by atoms with Gasteiger partial charge in [0.05, 0.1) is 11.2 Å². The third-order valence-corrected chi connectivity index (χ3v) is 2.73. The SMILES string of the molecule is Cc1cc([N+](=O)[O-])ccc1CNS(C)(=O)=O. The van der Waals surface area contributed by atoms with Gasteiger partial charge in [0.25, 0.3) is 5.69 Å². The molecule has 0 aliphatic heterocycles. The summed E-state index contributed by atoms with van der Waals surface area (Å²) >= 11 is 0. The number of non-ortho nitro benzene ring substituents is 1. The number of rotatable bonds is 4. The van der Waals surface area contributed by atoms with E-state index in [2.05, 4.69) is 4.72 Å². The Morgan fingerprint density at radius 1 is 1.44 bits per heavy atom. The molecule has 0 spiro atoms. The molecule has 0 amide bonds. The van der Waals surface area contributed by atoms with Crippen molar-refractivity contribution < 1.29 is 13.3 Å². The molecule has 0 saturated carbocycles. The molecule has 0 unspecified atom stereocenters. The van der Waals surface area contributed by atoms with E-state index >= 15 is 0 Å². The molecule has 6 nitrogen and oxygen atoms in total. The topological polar surface area (TPSA) is 89.3 Å². The average Bonchev–Trinajstić information content (AvgIpc) is 2.14. The molecule has 7 heteroatoms. The van der Waals surface area contributed by atoms with Crippen molar-refractivity contribution >= 4 is 15.7 Å². The van der Waals surface area contributed by atoms with Crippen LogP contribution in [-0.2, 0) is 16.6 Å². The van der Waals surface area contributed by atoms with Crippen molar-refractivity contribution in [1.82, 2.24) is 4.72 Å². The van der Waals surface area contributed by atoms with Crippen LogP contribution >= 0.6 is 0 Å². The maximum absolute atomic E-state index is 10.9. The lowest BCUT2D eigenvalue weighted by atomic mass is 10.1. The fraction of sp³-hybridized carbons (Fsp3) is 0.333. The Kier molecular flexibility index (Phi) is 3.61. The van der Waals surface area contributed by atoms with E-state index in [1.54, 1.807) is 13.0 Å². The summed E-state index contributed by atoms with van der Waals surface area (Å²) in [6, 6.07) is 4.32. The second-order valence-electron chi connectivity index (χ2n) is 3.46. The predicted octanol–water partition coefficient (Wildman–Crippen LogP) is 0.952. The summed E-state index contributed by atoms with van der Waals surface area (Å²) < 4.78 is 24.1. The standard InChI is InChI=1S/C9H12N2O4S/c1-7-5-9(11(12)13)4-3-8(7)6-10-16(2,14)15/h3-5,10H,6H2,1-2H3. The summed E-state index contributed by atoms with van der Waals surface area (Å²) in [4.78, 5) is 9.99. The molecule has 0 atom stereocenters. The molecule has 0 aliphatic carbocycles. The quantitative estimate of drug-likeness (QED) is 0.630. The minimum atomic E-state index is -3.25. The Morgan fingerprint density at radius 2 is 2.06 bits per heavy atom. The molecule has 0 heterocycles. The molecule has 1 N–H and O–H groups in total. The highest BCUT2D eigenvalue weighted by molar-refractivity contribution is 7.88. The molecule has 0 aromatic heterocycles. The molecule has 0 aliphatic rings. The summed E-state index contributed by atoms with van der Waals surface area (Å²) in [5.74, 6) is 0. The van der Waals surface area contributed by atoms with Gasteiger partial charge in [-0.15, -0.1) is 0 Å². The lowest BCUT2D eigenvalue weighted by molar-refractivity contribution is -0.384. The molecular formula is C9H12N2O4S. The number of sulfonamides is 1. The number of nitrogens with zero attached hydrogens (tertiary/aromatic N) is 1. The van der Waals surface area contributed by atoms with E-state index in [0.717, 1.165) is 11.8 Å². The summed E-state index contributed by atoms with van der Waals surface area (Å²) in [5.41, 5.74) is 1.40. The highest BCUT2D eigenvalue weighted by atomic mass is 32.2. The number of nitrogens with one attached hydrogen (secondary N) is 1. The largest absolute Gasteiger partial charge is 0.269 e. The molecule has 88 valence electrons. The lowest BCUT2D eigenvalue weighted by Gasteiger charge is -2.05. The van der Waals surface area contributed by atoms with E-state index in [1.807, 2.05) is 0 Å². The Hall–Kier alpha value is -1.47. The van der Waals surface area contributed by atoms with E-state index in [9.17, 15) is 18.5 Å². The number of hydrogen-bond donors (Lipinski definition) is 1. The van der Waals surface area contributed by atoms with Crippen LogP contribution < -0.4 is 4.72 Å². The minimum Gasteiger partial charge on any atom is -0.258 e. The van der Waals surface area contributed by atoms with E-state index in [1.165, 1.54) is 12.1 Å². The first-order chi connectivity index (χ1) is 7.29. The van der Waals surface area contributed by atoms with Gasteiger partial charge in [0.2, 0.25) is 10.0 Å². The second kappa shape index (κ2) is 4.58. The average molecular weight is 244 g/mol. The van der Waals surface area contributed by atoms with Gasteiger partial charge >= 0.3 is 0 Å². The maximum Gasteiger partial charge on any atom is 0.269 e. The number of hydrogen-bond acceptors (Lipinski definition) is 4. The van der Waals surface area contributed by atoms with Gasteiger partial charge in [0.1, 0.15) is 0 Å². The van der Waals surface area contributed by atoms with Gasteiger partial charge in [-0.3, -0.25) is 10.1 Å². The van der Waals surface area contributed by atoms with Gasteiger partial charge in [-0.2, -0.15) is 0 Å². The van der Waals surface area contributed by atoms with Crippen molar-refractivity contribution in [3.8, 4) is 0 Å². The minimum absolute atomic E-state index is 0.000561. The molecule has 1 aromatic carbocycles. The van der Waals surface area contributed by atoms with Crippen LogP contribution in [0.15, 0.2) is 18.2 Å². The zero-order valence-electron chi connectivity index (χ0n) is 8.93. The fourth-order valence-electron chi connectivity index (χ4n) is 1.20. The molecule has 16 heavy (non-hydrogen) atoms. The summed E-state index contributed by atoms with van der Waals surface area (Å²) in [6.07, 6.45) is 1.06. The van der Waals surface area contributed by atoms with Crippen LogP contribution in [0.1, 0.15) is 11.1 Å². The fourth-order valence-corrected chi connectivity index (χ4v) is 1.62. The van der Waals surface area contributed by atoms with Crippen molar-refractivity contribution in [2.75, 3.05) is 6.26 Å². The van der Waals surface area contributed by atoms with Crippen LogP contribution in [0, 0.1) is 17.0 Å². The maximum atomic E-state index is 10.9. The first kappa shape index (κ1) is 12.6. The van der Waals surface area contributed by atoms with Crippen LogP contribution in [0.2, 0.25) is 0 Å². The highest BCUT2D eigenvalue weighted by Gasteiger charge is 2.09. The van der Waals surface area contributed by atoms with Crippen molar-refractivity contribution in [3.05, 3.63) is 39.4 Å². The molecule has 0 fully saturated rings. The third-order valence-electron chi connectivity index (χ3n) is 2.06. The summed E-state index contributed by atoms with van der Waals surface area (Å²) in [7, 11) is -3.25. The monoisotopic (exact) mass is 244 g/mol. The van der Waals surface area contributed by atoms with Crippen LogP contribution in [0.3, 0.4) is 0 Å². The number of aryl methyl sites for hydroxylation is 1. The van der Waals surface area contributed by atoms with E-state index in [-0.39, 0.29) is 12.2 Å². The number of nitro benzene ring substituents is 1. The van der Waals surface area contributed by atoms with Crippen molar-refractivity contribution in [1.29, 1.82) is 0 Å². The van der Waals surface area contributed by atoms with Crippen LogP contribution in [-0.4, -0.2) is 19.6 Å². The molecule has 1 aromatic rings. The van der Waals surface area contributed by atoms with Gasteiger partial charge < -0.3 is 0 Å². The lowest BCUT2D eigenvalue weighted by Crippen LogP contribution is -2.21. The highest BCUT2D eigenvalue weighted by Crippen LogP contribution is 2.16. The first-order valence-electron chi connectivity index (χ1n) is 4.48. The van der Waals surface area contributed by atoms with E-state index < -0.39 is 14.9 Å². The Labute approximate surface area is 93.5 Å². The molecule has 0 saturated heterocycles. The summed E-state index contributed by atoms with van der Waals surface area (Å²) in [6.45, 7) is 1.84. The van der Waals surface area contributed by atoms with Crippen LogP contribution in [0.4, 0.5) is 5.69 Å². The summed E-state index contributed by atoms with van der Waals surface area (Å²) in [5, 5.41) is 10.5. The van der Waals surface area contributed by atoms with E-state index in [0.29, 0.717) is 5.56 Å².